The first-order valence-corrected chi connectivity index (χ1v) is 9.58. The number of nitrogens with zero attached hydrogens (tertiary/aromatic N) is 2. The zero-order chi connectivity index (χ0) is 17.5. The molecule has 2 fully saturated rings. The summed E-state index contributed by atoms with van der Waals surface area (Å²) < 4.78 is 11.7. The van der Waals surface area contributed by atoms with Gasteiger partial charge in [-0.15, -0.1) is 24.0 Å². The smallest absolute Gasteiger partial charge is 0.193 e. The van der Waals surface area contributed by atoms with Crippen LogP contribution < -0.4 is 5.32 Å². The maximum Gasteiger partial charge on any atom is 0.193 e. The summed E-state index contributed by atoms with van der Waals surface area (Å²) in [7, 11) is 1.84. The molecule has 5 nitrogen and oxygen atoms in total. The summed E-state index contributed by atoms with van der Waals surface area (Å²) in [4.78, 5) is 6.73. The van der Waals surface area contributed by atoms with Crippen molar-refractivity contribution in [3.05, 3.63) is 34.9 Å². The number of benzene rings is 1. The summed E-state index contributed by atoms with van der Waals surface area (Å²) in [5, 5.41) is 4.32. The van der Waals surface area contributed by atoms with Gasteiger partial charge in [-0.05, 0) is 37.3 Å². The van der Waals surface area contributed by atoms with Gasteiger partial charge in [-0.3, -0.25) is 4.99 Å². The average molecular weight is 494 g/mol. The topological polar surface area (TPSA) is 46.1 Å². The van der Waals surface area contributed by atoms with Gasteiger partial charge in [-0.25, -0.2) is 0 Å². The molecule has 146 valence electrons. The van der Waals surface area contributed by atoms with E-state index in [4.69, 9.17) is 21.1 Å². The van der Waals surface area contributed by atoms with Gasteiger partial charge in [-0.1, -0.05) is 29.8 Å². The highest BCUT2D eigenvalue weighted by Gasteiger charge is 2.32. The van der Waals surface area contributed by atoms with Crippen LogP contribution in [-0.4, -0.2) is 63.0 Å². The van der Waals surface area contributed by atoms with Crippen molar-refractivity contribution in [1.82, 2.24) is 10.2 Å². The van der Waals surface area contributed by atoms with Crippen molar-refractivity contribution in [2.24, 2.45) is 4.99 Å². The highest BCUT2D eigenvalue weighted by molar-refractivity contribution is 14.0. The molecule has 2 saturated heterocycles. The van der Waals surface area contributed by atoms with E-state index < -0.39 is 0 Å². The van der Waals surface area contributed by atoms with E-state index in [-0.39, 0.29) is 36.2 Å². The summed E-state index contributed by atoms with van der Waals surface area (Å²) in [5.41, 5.74) is 1.20. The predicted molar refractivity (Wildman–Crippen MR) is 117 cm³/mol. The first-order chi connectivity index (χ1) is 12.3. The number of aryl methyl sites for hydroxylation is 1. The number of hydrogen-bond acceptors (Lipinski definition) is 3. The van der Waals surface area contributed by atoms with Crippen molar-refractivity contribution in [3.8, 4) is 0 Å². The Bertz CT molecular complexity index is 582. The molecule has 2 atom stereocenters. The zero-order valence-electron chi connectivity index (χ0n) is 15.3. The number of rotatable bonds is 5. The minimum Gasteiger partial charge on any atom is -0.375 e. The third kappa shape index (κ3) is 5.97. The van der Waals surface area contributed by atoms with Crippen LogP contribution in [0.1, 0.15) is 24.8 Å². The third-order valence-corrected chi connectivity index (χ3v) is 5.22. The lowest BCUT2D eigenvalue weighted by Gasteiger charge is -2.37. The minimum atomic E-state index is 0. The fourth-order valence-electron chi connectivity index (χ4n) is 3.50. The quantitative estimate of drug-likeness (QED) is 0.296. The first-order valence-electron chi connectivity index (χ1n) is 9.20. The lowest BCUT2D eigenvalue weighted by atomic mass is 10.1. The molecular weight excluding hydrogens is 465 g/mol. The van der Waals surface area contributed by atoms with Crippen LogP contribution in [0.15, 0.2) is 29.3 Å². The second-order valence-corrected chi connectivity index (χ2v) is 6.98. The average Bonchev–Trinajstić information content (AvgIpc) is 3.18. The Labute approximate surface area is 178 Å². The lowest BCUT2D eigenvalue weighted by molar-refractivity contribution is -0.0816. The minimum absolute atomic E-state index is 0. The summed E-state index contributed by atoms with van der Waals surface area (Å²) in [5.74, 6) is 0.949. The van der Waals surface area contributed by atoms with Crippen molar-refractivity contribution in [1.29, 1.82) is 0 Å². The Morgan fingerprint density at radius 3 is 2.81 bits per heavy atom. The summed E-state index contributed by atoms with van der Waals surface area (Å²) in [6.45, 7) is 4.17. The van der Waals surface area contributed by atoms with E-state index in [1.807, 2.05) is 25.2 Å². The second kappa shape index (κ2) is 11.3. The molecule has 0 aromatic heterocycles. The summed E-state index contributed by atoms with van der Waals surface area (Å²) >= 11 is 6.21. The fraction of sp³-hybridized carbons (Fsp3) is 0.632. The highest BCUT2D eigenvalue weighted by atomic mass is 127. The number of guanidine groups is 1. The molecule has 2 aliphatic heterocycles. The van der Waals surface area contributed by atoms with E-state index in [9.17, 15) is 0 Å². The van der Waals surface area contributed by atoms with Crippen LogP contribution in [-0.2, 0) is 15.9 Å². The van der Waals surface area contributed by atoms with Gasteiger partial charge in [0.2, 0.25) is 0 Å². The van der Waals surface area contributed by atoms with Crippen LogP contribution in [0.4, 0.5) is 0 Å². The zero-order valence-corrected chi connectivity index (χ0v) is 18.4. The highest BCUT2D eigenvalue weighted by Crippen LogP contribution is 2.21. The number of hydrogen-bond donors (Lipinski definition) is 1. The standard InChI is InChI=1S/C19H28ClN3O2.HI/c1-21-19(22-10-4-7-15-6-2-3-8-16(15)20)23-11-13-25-18(14-23)17-9-5-12-24-17;/h2-3,6,8,17-18H,4-5,7,9-14H2,1H3,(H,21,22);1H. The van der Waals surface area contributed by atoms with Crippen LogP contribution >= 0.6 is 35.6 Å². The number of ether oxygens (including phenoxy) is 2. The van der Waals surface area contributed by atoms with Crippen LogP contribution in [0, 0.1) is 0 Å². The molecular formula is C19H29ClIN3O2. The number of nitrogens with one attached hydrogen (secondary N) is 1. The normalized spacial score (nSPS) is 23.6. The molecule has 26 heavy (non-hydrogen) atoms. The van der Waals surface area contributed by atoms with Crippen LogP contribution in [0.5, 0.6) is 0 Å². The fourth-order valence-corrected chi connectivity index (χ4v) is 3.73. The number of halogens is 2. The van der Waals surface area contributed by atoms with Crippen LogP contribution in [0.25, 0.3) is 0 Å². The van der Waals surface area contributed by atoms with Crippen molar-refractivity contribution < 1.29 is 9.47 Å². The Balaban J connectivity index is 0.00000243. The van der Waals surface area contributed by atoms with E-state index in [2.05, 4.69) is 21.3 Å². The Morgan fingerprint density at radius 2 is 2.08 bits per heavy atom. The van der Waals surface area contributed by atoms with E-state index in [0.717, 1.165) is 69.5 Å². The first kappa shape index (κ1) is 21.7. The Morgan fingerprint density at radius 1 is 1.27 bits per heavy atom. The SMILES string of the molecule is CN=C(NCCCc1ccccc1Cl)N1CCOC(C2CCCO2)C1.I. The molecule has 1 N–H and O–H groups in total. The van der Waals surface area contributed by atoms with Gasteiger partial charge >= 0.3 is 0 Å². The molecule has 1 aromatic rings. The van der Waals surface area contributed by atoms with Crippen molar-refractivity contribution in [2.45, 2.75) is 37.9 Å². The number of aliphatic imine (C=N–C) groups is 1. The lowest BCUT2D eigenvalue weighted by Crippen LogP contribution is -2.53. The molecule has 0 aliphatic carbocycles. The van der Waals surface area contributed by atoms with Gasteiger partial charge in [0.1, 0.15) is 6.10 Å². The maximum atomic E-state index is 6.21. The summed E-state index contributed by atoms with van der Waals surface area (Å²) in [6, 6.07) is 8.04. The summed E-state index contributed by atoms with van der Waals surface area (Å²) in [6.07, 6.45) is 4.61. The van der Waals surface area contributed by atoms with Gasteiger partial charge in [-0.2, -0.15) is 0 Å². The van der Waals surface area contributed by atoms with E-state index in [1.165, 1.54) is 5.56 Å². The molecule has 2 heterocycles. The molecule has 2 aliphatic rings. The molecule has 0 saturated carbocycles. The molecule has 3 rings (SSSR count). The van der Waals surface area contributed by atoms with E-state index in [0.29, 0.717) is 0 Å². The molecule has 0 bridgehead atoms. The van der Waals surface area contributed by atoms with Crippen LogP contribution in [0.3, 0.4) is 0 Å². The van der Waals surface area contributed by atoms with Crippen molar-refractivity contribution in [2.75, 3.05) is 39.9 Å². The second-order valence-electron chi connectivity index (χ2n) is 6.58. The third-order valence-electron chi connectivity index (χ3n) is 4.85. The number of morpholine rings is 1. The maximum absolute atomic E-state index is 6.21. The monoisotopic (exact) mass is 493 g/mol. The molecule has 0 radical (unpaired) electrons. The predicted octanol–water partition coefficient (Wildman–Crippen LogP) is 3.35. The van der Waals surface area contributed by atoms with Gasteiger partial charge in [0.15, 0.2) is 5.96 Å². The van der Waals surface area contributed by atoms with Gasteiger partial charge in [0, 0.05) is 38.3 Å². The Kier molecular flexibility index (Phi) is 9.45. The van der Waals surface area contributed by atoms with Crippen molar-refractivity contribution >= 4 is 41.5 Å². The van der Waals surface area contributed by atoms with Gasteiger partial charge in [0.25, 0.3) is 0 Å². The molecule has 0 spiro atoms. The van der Waals surface area contributed by atoms with E-state index in [1.54, 1.807) is 0 Å². The molecule has 7 heteroatoms. The molecule has 0 amide bonds. The van der Waals surface area contributed by atoms with Crippen molar-refractivity contribution in [3.63, 3.8) is 0 Å². The van der Waals surface area contributed by atoms with E-state index >= 15 is 0 Å². The van der Waals surface area contributed by atoms with Crippen LogP contribution in [0.2, 0.25) is 5.02 Å². The Hall–Kier alpha value is -0.570. The largest absolute Gasteiger partial charge is 0.375 e. The van der Waals surface area contributed by atoms with Gasteiger partial charge in [0.05, 0.1) is 12.7 Å². The molecule has 1 aromatic carbocycles. The van der Waals surface area contributed by atoms with Gasteiger partial charge < -0.3 is 19.7 Å². The molecule has 2 unspecified atom stereocenters.